The Kier molecular flexibility index (Phi) is 6.18. The van der Waals surface area contributed by atoms with Crippen molar-refractivity contribution in [3.8, 4) is 5.69 Å². The molecule has 0 atom stereocenters. The quantitative estimate of drug-likeness (QED) is 0.671. The molecule has 1 aromatic heterocycles. The molecule has 3 aromatic rings. The van der Waals surface area contributed by atoms with Gasteiger partial charge in [0, 0.05) is 11.1 Å². The van der Waals surface area contributed by atoms with Gasteiger partial charge in [-0.15, -0.1) is 0 Å². The number of hydrogen-bond donors (Lipinski definition) is 1. The highest BCUT2D eigenvalue weighted by Crippen LogP contribution is 2.17. The molecular formula is C22H21Cl2N4O2+. The third-order valence-corrected chi connectivity index (χ3v) is 6.04. The zero-order chi connectivity index (χ0) is 21.1. The number of nitrogens with zero attached hydrogens (tertiary/aromatic N) is 3. The number of carbonyl (C=O) groups is 1. The molecule has 4 rings (SSSR count). The number of benzene rings is 2. The van der Waals surface area contributed by atoms with Gasteiger partial charge in [0.2, 0.25) is 0 Å². The van der Waals surface area contributed by atoms with Crippen LogP contribution in [-0.4, -0.2) is 46.8 Å². The number of quaternary nitrogens is 1. The lowest BCUT2D eigenvalue weighted by molar-refractivity contribution is -0.917. The molecular weight excluding hydrogens is 423 g/mol. The predicted octanol–water partition coefficient (Wildman–Crippen LogP) is 2.08. The van der Waals surface area contributed by atoms with Crippen LogP contribution >= 0.6 is 23.2 Å². The highest BCUT2D eigenvalue weighted by molar-refractivity contribution is 6.41. The summed E-state index contributed by atoms with van der Waals surface area (Å²) in [5.74, 6) is -0.00486. The van der Waals surface area contributed by atoms with Crippen LogP contribution in [-0.2, 0) is 6.54 Å². The average Bonchev–Trinajstić information content (AvgIpc) is 2.79. The van der Waals surface area contributed by atoms with E-state index in [1.54, 1.807) is 24.3 Å². The third kappa shape index (κ3) is 4.41. The largest absolute Gasteiger partial charge is 0.328 e. The highest BCUT2D eigenvalue weighted by atomic mass is 35.5. The van der Waals surface area contributed by atoms with Gasteiger partial charge in [0.25, 0.3) is 11.5 Å². The Bertz CT molecular complexity index is 1090. The number of halogens is 2. The Balaban J connectivity index is 1.40. The number of aromatic nitrogens is 2. The van der Waals surface area contributed by atoms with Gasteiger partial charge in [-0.3, -0.25) is 9.59 Å². The molecule has 1 fully saturated rings. The lowest BCUT2D eigenvalue weighted by Crippen LogP contribution is -3.13. The van der Waals surface area contributed by atoms with Crippen LogP contribution < -0.4 is 10.5 Å². The van der Waals surface area contributed by atoms with E-state index >= 15 is 0 Å². The molecule has 1 aliphatic rings. The van der Waals surface area contributed by atoms with Gasteiger partial charge in [0.1, 0.15) is 11.6 Å². The molecule has 0 bridgehead atoms. The van der Waals surface area contributed by atoms with Crippen LogP contribution in [0.3, 0.4) is 0 Å². The van der Waals surface area contributed by atoms with E-state index in [2.05, 4.69) is 29.4 Å². The molecule has 0 unspecified atom stereocenters. The molecule has 1 N–H and O–H groups in total. The summed E-state index contributed by atoms with van der Waals surface area (Å²) in [5, 5.41) is 4.03. The van der Waals surface area contributed by atoms with E-state index in [0.29, 0.717) is 11.3 Å². The summed E-state index contributed by atoms with van der Waals surface area (Å²) in [4.78, 5) is 28.5. The number of amides is 1. The smallest absolute Gasteiger partial charge is 0.291 e. The van der Waals surface area contributed by atoms with Gasteiger partial charge in [0.15, 0.2) is 0 Å². The van der Waals surface area contributed by atoms with E-state index in [9.17, 15) is 9.59 Å². The maximum absolute atomic E-state index is 12.9. The minimum absolute atomic E-state index is 0.00486. The van der Waals surface area contributed by atoms with Gasteiger partial charge in [-0.25, -0.2) is 0 Å². The molecule has 0 aliphatic carbocycles. The summed E-state index contributed by atoms with van der Waals surface area (Å²) in [6.07, 6.45) is 1.32. The number of carbonyl (C=O) groups excluding carboxylic acids is 1. The molecule has 2 heterocycles. The first-order valence-electron chi connectivity index (χ1n) is 9.73. The van der Waals surface area contributed by atoms with Crippen LogP contribution in [0.15, 0.2) is 65.6 Å². The number of nitrogens with one attached hydrogen (secondary N) is 1. The second-order valence-electron chi connectivity index (χ2n) is 7.27. The first-order valence-corrected chi connectivity index (χ1v) is 10.5. The van der Waals surface area contributed by atoms with Crippen molar-refractivity contribution in [1.82, 2.24) is 14.7 Å². The van der Waals surface area contributed by atoms with E-state index in [0.717, 1.165) is 37.4 Å². The monoisotopic (exact) mass is 443 g/mol. The number of rotatable bonds is 4. The summed E-state index contributed by atoms with van der Waals surface area (Å²) in [6.45, 7) is 4.25. The molecule has 0 spiro atoms. The average molecular weight is 444 g/mol. The summed E-state index contributed by atoms with van der Waals surface area (Å²) in [5.41, 5.74) is 1.92. The molecule has 1 amide bonds. The van der Waals surface area contributed by atoms with E-state index in [1.165, 1.54) is 16.7 Å². The minimum atomic E-state index is -0.499. The molecule has 0 radical (unpaired) electrons. The topological polar surface area (TPSA) is 59.6 Å². The molecule has 154 valence electrons. The van der Waals surface area contributed by atoms with Crippen molar-refractivity contribution in [2.24, 2.45) is 0 Å². The summed E-state index contributed by atoms with van der Waals surface area (Å²) in [6, 6.07) is 17.2. The SMILES string of the molecule is O=C(c1ccc(-n2ncc(Cl)c(Cl)c2=O)cc1)N1CC[NH+](Cc2ccccc2)CC1. The van der Waals surface area contributed by atoms with E-state index in [1.807, 2.05) is 11.0 Å². The van der Waals surface area contributed by atoms with Crippen LogP contribution in [0.4, 0.5) is 0 Å². The molecule has 0 saturated carbocycles. The standard InChI is InChI=1S/C22H20Cl2N4O2/c23-19-14-25-28(22(30)20(19)24)18-8-6-17(7-9-18)21(29)27-12-10-26(11-13-27)15-16-4-2-1-3-5-16/h1-9,14H,10-13,15H2/p+1. The van der Waals surface area contributed by atoms with Crippen molar-refractivity contribution < 1.29 is 9.69 Å². The molecule has 2 aromatic carbocycles. The van der Waals surface area contributed by atoms with Crippen molar-refractivity contribution in [1.29, 1.82) is 0 Å². The van der Waals surface area contributed by atoms with Crippen LogP contribution in [0, 0.1) is 0 Å². The van der Waals surface area contributed by atoms with Crippen LogP contribution in [0.1, 0.15) is 15.9 Å². The Labute approximate surface area is 184 Å². The lowest BCUT2D eigenvalue weighted by Gasteiger charge is -2.32. The maximum Gasteiger partial charge on any atom is 0.291 e. The number of hydrogen-bond acceptors (Lipinski definition) is 3. The maximum atomic E-state index is 12.9. The fourth-order valence-electron chi connectivity index (χ4n) is 3.61. The van der Waals surface area contributed by atoms with Crippen LogP contribution in [0.5, 0.6) is 0 Å². The second kappa shape index (κ2) is 9.00. The first-order chi connectivity index (χ1) is 14.5. The Morgan fingerprint density at radius 1 is 1.00 bits per heavy atom. The Morgan fingerprint density at radius 3 is 2.33 bits per heavy atom. The van der Waals surface area contributed by atoms with Crippen molar-refractivity contribution in [2.45, 2.75) is 6.54 Å². The van der Waals surface area contributed by atoms with Crippen molar-refractivity contribution >= 4 is 29.1 Å². The van der Waals surface area contributed by atoms with E-state index < -0.39 is 5.56 Å². The van der Waals surface area contributed by atoms with Gasteiger partial charge in [-0.05, 0) is 24.3 Å². The summed E-state index contributed by atoms with van der Waals surface area (Å²) in [7, 11) is 0. The first kappa shape index (κ1) is 20.6. The van der Waals surface area contributed by atoms with Crippen LogP contribution in [0.25, 0.3) is 5.69 Å². The Morgan fingerprint density at radius 2 is 1.67 bits per heavy atom. The van der Waals surface area contributed by atoms with Gasteiger partial charge in [0.05, 0.1) is 43.1 Å². The molecule has 1 saturated heterocycles. The lowest BCUT2D eigenvalue weighted by atomic mass is 10.1. The zero-order valence-electron chi connectivity index (χ0n) is 16.2. The van der Waals surface area contributed by atoms with Crippen molar-refractivity contribution in [3.05, 3.63) is 92.3 Å². The molecule has 30 heavy (non-hydrogen) atoms. The van der Waals surface area contributed by atoms with Crippen LogP contribution in [0.2, 0.25) is 10.0 Å². The summed E-state index contributed by atoms with van der Waals surface area (Å²) < 4.78 is 1.16. The number of piperazine rings is 1. The zero-order valence-corrected chi connectivity index (χ0v) is 17.7. The predicted molar refractivity (Wildman–Crippen MR) is 117 cm³/mol. The molecule has 8 heteroatoms. The van der Waals surface area contributed by atoms with E-state index in [4.69, 9.17) is 23.2 Å². The van der Waals surface area contributed by atoms with Gasteiger partial charge < -0.3 is 9.80 Å². The highest BCUT2D eigenvalue weighted by Gasteiger charge is 2.24. The van der Waals surface area contributed by atoms with E-state index in [-0.39, 0.29) is 16.0 Å². The summed E-state index contributed by atoms with van der Waals surface area (Å²) >= 11 is 11.7. The normalized spacial score (nSPS) is 14.7. The fraction of sp³-hybridized carbons (Fsp3) is 0.227. The fourth-order valence-corrected chi connectivity index (χ4v) is 3.87. The second-order valence-corrected chi connectivity index (χ2v) is 8.06. The van der Waals surface area contributed by atoms with Crippen molar-refractivity contribution in [3.63, 3.8) is 0 Å². The van der Waals surface area contributed by atoms with Crippen molar-refractivity contribution in [2.75, 3.05) is 26.2 Å². The van der Waals surface area contributed by atoms with Gasteiger partial charge in [-0.2, -0.15) is 9.78 Å². The van der Waals surface area contributed by atoms with Gasteiger partial charge >= 0.3 is 0 Å². The Hall–Kier alpha value is -2.67. The molecule has 6 nitrogen and oxygen atoms in total. The molecule has 1 aliphatic heterocycles. The van der Waals surface area contributed by atoms with Gasteiger partial charge in [-0.1, -0.05) is 53.5 Å². The minimum Gasteiger partial charge on any atom is -0.328 e. The third-order valence-electron chi connectivity index (χ3n) is 5.29.